The van der Waals surface area contributed by atoms with E-state index in [-0.39, 0.29) is 11.8 Å². The van der Waals surface area contributed by atoms with E-state index in [9.17, 15) is 4.79 Å². The molecule has 0 saturated carbocycles. The molecule has 0 aliphatic heterocycles. The first kappa shape index (κ1) is 17.7. The Labute approximate surface area is 128 Å². The van der Waals surface area contributed by atoms with Crippen LogP contribution in [-0.4, -0.2) is 50.6 Å². The van der Waals surface area contributed by atoms with Crippen LogP contribution < -0.4 is 4.74 Å². The molecule has 1 rings (SSSR count). The minimum Gasteiger partial charge on any atom is -0.497 e. The van der Waals surface area contributed by atoms with E-state index < -0.39 is 0 Å². The SMILES string of the molecule is COCCN(CC(C)C)C(C)C(=O)c1ccc(OC)cc1. The molecule has 0 aromatic heterocycles. The van der Waals surface area contributed by atoms with Crippen LogP contribution in [0.3, 0.4) is 0 Å². The number of hydrogen-bond acceptors (Lipinski definition) is 4. The molecular formula is C17H27NO3. The van der Waals surface area contributed by atoms with E-state index in [2.05, 4.69) is 18.7 Å². The number of carbonyl (C=O) groups is 1. The predicted molar refractivity (Wildman–Crippen MR) is 85.1 cm³/mol. The van der Waals surface area contributed by atoms with Crippen LogP contribution >= 0.6 is 0 Å². The van der Waals surface area contributed by atoms with E-state index in [1.807, 2.05) is 31.2 Å². The van der Waals surface area contributed by atoms with E-state index >= 15 is 0 Å². The number of ketones is 1. The molecule has 1 aromatic carbocycles. The lowest BCUT2D eigenvalue weighted by Crippen LogP contribution is -2.43. The minimum atomic E-state index is -0.157. The fraction of sp³-hybridized carbons (Fsp3) is 0.588. The van der Waals surface area contributed by atoms with Crippen LogP contribution in [0.4, 0.5) is 0 Å². The van der Waals surface area contributed by atoms with Gasteiger partial charge in [-0.25, -0.2) is 0 Å². The summed E-state index contributed by atoms with van der Waals surface area (Å²) in [4.78, 5) is 14.8. The van der Waals surface area contributed by atoms with Crippen molar-refractivity contribution >= 4 is 5.78 Å². The molecule has 0 bridgehead atoms. The molecule has 0 saturated heterocycles. The standard InChI is InChI=1S/C17H27NO3/c1-13(2)12-18(10-11-20-4)14(3)17(19)15-6-8-16(21-5)9-7-15/h6-9,13-14H,10-12H2,1-5H3. The number of ether oxygens (including phenoxy) is 2. The van der Waals surface area contributed by atoms with Crippen molar-refractivity contribution in [2.75, 3.05) is 33.9 Å². The van der Waals surface area contributed by atoms with Gasteiger partial charge in [0.1, 0.15) is 5.75 Å². The number of benzene rings is 1. The Kier molecular flexibility index (Phi) is 7.40. The summed E-state index contributed by atoms with van der Waals surface area (Å²) in [5, 5.41) is 0. The Morgan fingerprint density at radius 3 is 2.24 bits per heavy atom. The highest BCUT2D eigenvalue weighted by molar-refractivity contribution is 5.99. The van der Waals surface area contributed by atoms with Crippen molar-refractivity contribution in [2.45, 2.75) is 26.8 Å². The van der Waals surface area contributed by atoms with Crippen molar-refractivity contribution in [3.05, 3.63) is 29.8 Å². The second-order valence-corrected chi connectivity index (χ2v) is 5.65. The third-order valence-corrected chi connectivity index (χ3v) is 3.48. The van der Waals surface area contributed by atoms with Crippen molar-refractivity contribution in [3.63, 3.8) is 0 Å². The van der Waals surface area contributed by atoms with Crippen LogP contribution in [0.15, 0.2) is 24.3 Å². The van der Waals surface area contributed by atoms with Gasteiger partial charge in [-0.05, 0) is 37.1 Å². The maximum atomic E-state index is 12.6. The molecule has 0 spiro atoms. The van der Waals surface area contributed by atoms with Gasteiger partial charge in [-0.15, -0.1) is 0 Å². The fourth-order valence-corrected chi connectivity index (χ4v) is 2.28. The quantitative estimate of drug-likeness (QED) is 0.656. The zero-order valence-electron chi connectivity index (χ0n) is 13.8. The van der Waals surface area contributed by atoms with Crippen molar-refractivity contribution in [1.82, 2.24) is 4.90 Å². The van der Waals surface area contributed by atoms with E-state index in [0.29, 0.717) is 12.5 Å². The van der Waals surface area contributed by atoms with Gasteiger partial charge < -0.3 is 9.47 Å². The van der Waals surface area contributed by atoms with Gasteiger partial charge in [0, 0.05) is 25.8 Å². The third-order valence-electron chi connectivity index (χ3n) is 3.48. The third kappa shape index (κ3) is 5.48. The highest BCUT2D eigenvalue weighted by Crippen LogP contribution is 2.15. The molecule has 1 aromatic rings. The number of methoxy groups -OCH3 is 2. The number of carbonyl (C=O) groups excluding carboxylic acids is 1. The Morgan fingerprint density at radius 1 is 1.14 bits per heavy atom. The smallest absolute Gasteiger partial charge is 0.179 e. The van der Waals surface area contributed by atoms with Crippen molar-refractivity contribution in [3.8, 4) is 5.75 Å². The lowest BCUT2D eigenvalue weighted by atomic mass is 10.0. The average Bonchev–Trinajstić information content (AvgIpc) is 2.49. The Hall–Kier alpha value is -1.39. The van der Waals surface area contributed by atoms with Gasteiger partial charge in [-0.2, -0.15) is 0 Å². The summed E-state index contributed by atoms with van der Waals surface area (Å²) in [7, 11) is 3.30. The molecule has 4 nitrogen and oxygen atoms in total. The maximum absolute atomic E-state index is 12.6. The molecule has 118 valence electrons. The van der Waals surface area contributed by atoms with Gasteiger partial charge >= 0.3 is 0 Å². The number of hydrogen-bond donors (Lipinski definition) is 0. The van der Waals surface area contributed by atoms with E-state index in [1.165, 1.54) is 0 Å². The summed E-state index contributed by atoms with van der Waals surface area (Å²) in [6, 6.07) is 7.13. The molecule has 0 heterocycles. The fourth-order valence-electron chi connectivity index (χ4n) is 2.28. The highest BCUT2D eigenvalue weighted by Gasteiger charge is 2.22. The lowest BCUT2D eigenvalue weighted by Gasteiger charge is -2.29. The molecule has 0 amide bonds. The second kappa shape index (κ2) is 8.80. The van der Waals surface area contributed by atoms with Crippen molar-refractivity contribution < 1.29 is 14.3 Å². The van der Waals surface area contributed by atoms with Crippen molar-refractivity contribution in [1.29, 1.82) is 0 Å². The lowest BCUT2D eigenvalue weighted by molar-refractivity contribution is 0.0750. The monoisotopic (exact) mass is 293 g/mol. The first-order valence-electron chi connectivity index (χ1n) is 7.40. The van der Waals surface area contributed by atoms with Gasteiger partial charge in [0.2, 0.25) is 0 Å². The van der Waals surface area contributed by atoms with Crippen LogP contribution in [0, 0.1) is 5.92 Å². The molecule has 4 heteroatoms. The minimum absolute atomic E-state index is 0.134. The van der Waals surface area contributed by atoms with Crippen LogP contribution in [0.2, 0.25) is 0 Å². The summed E-state index contributed by atoms with van der Waals surface area (Å²) in [5.74, 6) is 1.40. The van der Waals surface area contributed by atoms with Crippen molar-refractivity contribution in [2.24, 2.45) is 5.92 Å². The van der Waals surface area contributed by atoms with Crippen LogP contribution in [0.1, 0.15) is 31.1 Å². The average molecular weight is 293 g/mol. The first-order valence-corrected chi connectivity index (χ1v) is 7.40. The summed E-state index contributed by atoms with van der Waals surface area (Å²) in [5.41, 5.74) is 0.717. The highest BCUT2D eigenvalue weighted by atomic mass is 16.5. The van der Waals surface area contributed by atoms with E-state index in [1.54, 1.807) is 14.2 Å². The molecule has 0 N–H and O–H groups in total. The molecule has 0 radical (unpaired) electrons. The van der Waals surface area contributed by atoms with Crippen LogP contribution in [0.5, 0.6) is 5.75 Å². The molecule has 21 heavy (non-hydrogen) atoms. The van der Waals surface area contributed by atoms with Gasteiger partial charge in [0.25, 0.3) is 0 Å². The zero-order chi connectivity index (χ0) is 15.8. The van der Waals surface area contributed by atoms with E-state index in [0.717, 1.165) is 24.4 Å². The first-order chi connectivity index (χ1) is 9.99. The summed E-state index contributed by atoms with van der Waals surface area (Å²) in [6.45, 7) is 8.55. The Balaban J connectivity index is 2.79. The topological polar surface area (TPSA) is 38.8 Å². The number of rotatable bonds is 9. The summed E-state index contributed by atoms with van der Waals surface area (Å²) < 4.78 is 10.3. The summed E-state index contributed by atoms with van der Waals surface area (Å²) in [6.07, 6.45) is 0. The van der Waals surface area contributed by atoms with Crippen LogP contribution in [0.25, 0.3) is 0 Å². The number of nitrogens with zero attached hydrogens (tertiary/aromatic N) is 1. The molecule has 1 unspecified atom stereocenters. The van der Waals surface area contributed by atoms with Gasteiger partial charge in [-0.3, -0.25) is 9.69 Å². The molecule has 0 aliphatic rings. The Bertz CT molecular complexity index is 428. The maximum Gasteiger partial charge on any atom is 0.179 e. The molecule has 0 aliphatic carbocycles. The molecule has 1 atom stereocenters. The largest absolute Gasteiger partial charge is 0.497 e. The van der Waals surface area contributed by atoms with Gasteiger partial charge in [-0.1, -0.05) is 13.8 Å². The second-order valence-electron chi connectivity index (χ2n) is 5.65. The molecule has 0 fully saturated rings. The normalized spacial score (nSPS) is 12.7. The Morgan fingerprint density at radius 2 is 1.76 bits per heavy atom. The molecular weight excluding hydrogens is 266 g/mol. The van der Waals surface area contributed by atoms with Gasteiger partial charge in [0.15, 0.2) is 5.78 Å². The van der Waals surface area contributed by atoms with E-state index in [4.69, 9.17) is 9.47 Å². The van der Waals surface area contributed by atoms with Gasteiger partial charge in [0.05, 0.1) is 19.8 Å². The number of Topliss-reactive ketones (excluding diaryl/α,β-unsaturated/α-hetero) is 1. The van der Waals surface area contributed by atoms with Crippen LogP contribution in [-0.2, 0) is 4.74 Å². The zero-order valence-corrected chi connectivity index (χ0v) is 13.8. The summed E-state index contributed by atoms with van der Waals surface area (Å²) >= 11 is 0. The predicted octanol–water partition coefficient (Wildman–Crippen LogP) is 2.87.